The molecule has 0 saturated heterocycles. The van der Waals surface area contributed by atoms with Crippen LogP contribution in [0.1, 0.15) is 21.5 Å². The maximum atomic E-state index is 11.1. The van der Waals surface area contributed by atoms with Crippen LogP contribution in [0.3, 0.4) is 0 Å². The van der Waals surface area contributed by atoms with Crippen LogP contribution in [0.2, 0.25) is 0 Å². The third-order valence-electron chi connectivity index (χ3n) is 2.58. The Balaban J connectivity index is 2.64. The zero-order valence-corrected chi connectivity index (χ0v) is 9.64. The van der Waals surface area contributed by atoms with Gasteiger partial charge in [-0.3, -0.25) is 0 Å². The summed E-state index contributed by atoms with van der Waals surface area (Å²) in [5.41, 5.74) is 3.56. The van der Waals surface area contributed by atoms with Crippen LogP contribution in [-0.2, 0) is 0 Å². The number of carbonyl (C=O) groups is 1. The monoisotopic (exact) mass is 228 g/mol. The number of aromatic carboxylic acids is 1. The lowest BCUT2D eigenvalue weighted by atomic mass is 10.0. The molecule has 2 rings (SSSR count). The van der Waals surface area contributed by atoms with Gasteiger partial charge in [0.1, 0.15) is 11.9 Å². The predicted molar refractivity (Wildman–Crippen MR) is 63.9 cm³/mol. The summed E-state index contributed by atoms with van der Waals surface area (Å²) in [7, 11) is 0. The number of aryl methyl sites for hydroxylation is 2. The second kappa shape index (κ2) is 4.33. The Morgan fingerprint density at radius 3 is 2.71 bits per heavy atom. The van der Waals surface area contributed by atoms with E-state index in [9.17, 15) is 4.79 Å². The first-order valence-corrected chi connectivity index (χ1v) is 5.20. The summed E-state index contributed by atoms with van der Waals surface area (Å²) in [6, 6.07) is 5.83. The molecule has 0 radical (unpaired) electrons. The van der Waals surface area contributed by atoms with E-state index in [1.165, 1.54) is 12.5 Å². The maximum absolute atomic E-state index is 11.1. The van der Waals surface area contributed by atoms with Gasteiger partial charge < -0.3 is 5.11 Å². The highest BCUT2D eigenvalue weighted by Gasteiger charge is 2.14. The van der Waals surface area contributed by atoms with Gasteiger partial charge in [0.15, 0.2) is 0 Å². The van der Waals surface area contributed by atoms with Gasteiger partial charge in [0.2, 0.25) is 0 Å². The van der Waals surface area contributed by atoms with E-state index >= 15 is 0 Å². The van der Waals surface area contributed by atoms with Crippen LogP contribution in [-0.4, -0.2) is 21.0 Å². The van der Waals surface area contributed by atoms with Crippen molar-refractivity contribution in [3.63, 3.8) is 0 Å². The highest BCUT2D eigenvalue weighted by molar-refractivity contribution is 5.94. The largest absolute Gasteiger partial charge is 0.478 e. The molecule has 1 aromatic heterocycles. The number of carboxylic acids is 1. The number of benzene rings is 1. The summed E-state index contributed by atoms with van der Waals surface area (Å²) in [6.45, 7) is 3.94. The molecule has 86 valence electrons. The van der Waals surface area contributed by atoms with E-state index in [2.05, 4.69) is 9.97 Å². The quantitative estimate of drug-likeness (QED) is 0.857. The van der Waals surface area contributed by atoms with Crippen molar-refractivity contribution in [3.05, 3.63) is 47.4 Å². The molecular formula is C13H12N2O2. The summed E-state index contributed by atoms with van der Waals surface area (Å²) in [5, 5.41) is 9.09. The molecule has 1 heterocycles. The maximum Gasteiger partial charge on any atom is 0.339 e. The topological polar surface area (TPSA) is 63.1 Å². The van der Waals surface area contributed by atoms with Crippen molar-refractivity contribution in [1.82, 2.24) is 9.97 Å². The third-order valence-corrected chi connectivity index (χ3v) is 2.58. The van der Waals surface area contributed by atoms with Gasteiger partial charge in [-0.2, -0.15) is 0 Å². The van der Waals surface area contributed by atoms with Gasteiger partial charge in [0.25, 0.3) is 0 Å². The van der Waals surface area contributed by atoms with E-state index in [1.54, 1.807) is 0 Å². The Hall–Kier alpha value is -2.23. The van der Waals surface area contributed by atoms with E-state index in [-0.39, 0.29) is 5.56 Å². The number of carboxylic acid groups (broad SMARTS) is 1. The van der Waals surface area contributed by atoms with Crippen LogP contribution in [0.5, 0.6) is 0 Å². The zero-order valence-electron chi connectivity index (χ0n) is 9.64. The van der Waals surface area contributed by atoms with Crippen LogP contribution < -0.4 is 0 Å². The molecular weight excluding hydrogens is 216 g/mol. The summed E-state index contributed by atoms with van der Waals surface area (Å²) in [5.74, 6) is -1.01. The summed E-state index contributed by atoms with van der Waals surface area (Å²) in [6.07, 6.45) is 2.69. The van der Waals surface area contributed by atoms with Crippen LogP contribution in [0.4, 0.5) is 0 Å². The van der Waals surface area contributed by atoms with Gasteiger partial charge in [0.05, 0.1) is 5.69 Å². The molecule has 0 saturated carbocycles. The summed E-state index contributed by atoms with van der Waals surface area (Å²) >= 11 is 0. The van der Waals surface area contributed by atoms with Gasteiger partial charge in [-0.25, -0.2) is 14.8 Å². The fourth-order valence-electron chi connectivity index (χ4n) is 1.78. The van der Waals surface area contributed by atoms with Crippen molar-refractivity contribution in [3.8, 4) is 11.3 Å². The highest BCUT2D eigenvalue weighted by atomic mass is 16.4. The van der Waals surface area contributed by atoms with E-state index in [0.29, 0.717) is 5.69 Å². The lowest BCUT2D eigenvalue weighted by molar-refractivity contribution is 0.0697. The van der Waals surface area contributed by atoms with Crippen molar-refractivity contribution in [1.29, 1.82) is 0 Å². The number of rotatable bonds is 2. The van der Waals surface area contributed by atoms with Gasteiger partial charge in [-0.15, -0.1) is 0 Å². The molecule has 0 spiro atoms. The fraction of sp³-hybridized carbons (Fsp3) is 0.154. The summed E-state index contributed by atoms with van der Waals surface area (Å²) in [4.78, 5) is 18.9. The molecule has 0 fully saturated rings. The molecule has 0 amide bonds. The first kappa shape index (κ1) is 11.3. The van der Waals surface area contributed by atoms with E-state index < -0.39 is 5.97 Å². The van der Waals surface area contributed by atoms with Crippen molar-refractivity contribution >= 4 is 5.97 Å². The van der Waals surface area contributed by atoms with Crippen molar-refractivity contribution in [2.75, 3.05) is 0 Å². The zero-order chi connectivity index (χ0) is 12.4. The Morgan fingerprint density at radius 2 is 2.06 bits per heavy atom. The van der Waals surface area contributed by atoms with Crippen molar-refractivity contribution in [2.24, 2.45) is 0 Å². The lowest BCUT2D eigenvalue weighted by Gasteiger charge is -2.08. The van der Waals surface area contributed by atoms with Crippen LogP contribution in [0.15, 0.2) is 30.7 Å². The second-order valence-electron chi connectivity index (χ2n) is 3.91. The van der Waals surface area contributed by atoms with E-state index in [1.807, 2.05) is 32.0 Å². The molecule has 17 heavy (non-hydrogen) atoms. The first-order valence-electron chi connectivity index (χ1n) is 5.20. The average molecular weight is 228 g/mol. The summed E-state index contributed by atoms with van der Waals surface area (Å²) < 4.78 is 0. The third kappa shape index (κ3) is 2.15. The normalized spacial score (nSPS) is 10.2. The molecule has 1 aromatic carbocycles. The molecule has 2 aromatic rings. The van der Waals surface area contributed by atoms with Crippen molar-refractivity contribution in [2.45, 2.75) is 13.8 Å². The Morgan fingerprint density at radius 1 is 1.29 bits per heavy atom. The minimum absolute atomic E-state index is 0.124. The Labute approximate surface area is 99.0 Å². The lowest BCUT2D eigenvalue weighted by Crippen LogP contribution is -2.03. The number of nitrogens with zero attached hydrogens (tertiary/aromatic N) is 2. The molecule has 0 aliphatic carbocycles. The van der Waals surface area contributed by atoms with E-state index in [0.717, 1.165) is 16.7 Å². The van der Waals surface area contributed by atoms with Gasteiger partial charge in [-0.1, -0.05) is 23.8 Å². The average Bonchev–Trinajstić information content (AvgIpc) is 2.29. The minimum Gasteiger partial charge on any atom is -0.478 e. The van der Waals surface area contributed by atoms with Gasteiger partial charge in [-0.05, 0) is 19.4 Å². The van der Waals surface area contributed by atoms with E-state index in [4.69, 9.17) is 5.11 Å². The molecule has 4 heteroatoms. The van der Waals surface area contributed by atoms with Crippen LogP contribution in [0, 0.1) is 13.8 Å². The predicted octanol–water partition coefficient (Wildman–Crippen LogP) is 2.46. The van der Waals surface area contributed by atoms with Crippen LogP contribution in [0.25, 0.3) is 11.3 Å². The molecule has 0 atom stereocenters. The highest BCUT2D eigenvalue weighted by Crippen LogP contribution is 2.24. The van der Waals surface area contributed by atoms with Crippen molar-refractivity contribution < 1.29 is 9.90 Å². The molecule has 0 bridgehead atoms. The second-order valence-corrected chi connectivity index (χ2v) is 3.91. The standard InChI is InChI=1S/C13H12N2O2/c1-8-3-4-10(9(2)5-8)12-11(13(16)17)6-14-7-15-12/h3-7H,1-2H3,(H,16,17). The molecule has 0 aliphatic heterocycles. The van der Waals surface area contributed by atoms with Crippen LogP contribution >= 0.6 is 0 Å². The smallest absolute Gasteiger partial charge is 0.339 e. The first-order chi connectivity index (χ1) is 8.09. The fourth-order valence-corrected chi connectivity index (χ4v) is 1.78. The van der Waals surface area contributed by atoms with Gasteiger partial charge in [0, 0.05) is 11.8 Å². The molecule has 1 N–H and O–H groups in total. The SMILES string of the molecule is Cc1ccc(-c2ncncc2C(=O)O)c(C)c1. The molecule has 0 aliphatic rings. The number of hydrogen-bond donors (Lipinski definition) is 1. The molecule has 0 unspecified atom stereocenters. The number of hydrogen-bond acceptors (Lipinski definition) is 3. The minimum atomic E-state index is -1.01. The molecule has 4 nitrogen and oxygen atoms in total. The Kier molecular flexibility index (Phi) is 2.87. The van der Waals surface area contributed by atoms with Gasteiger partial charge >= 0.3 is 5.97 Å². The number of aromatic nitrogens is 2. The Bertz CT molecular complexity index is 579.